The van der Waals surface area contributed by atoms with Gasteiger partial charge >= 0.3 is 35.2 Å². The van der Waals surface area contributed by atoms with Crippen molar-refractivity contribution in [2.45, 2.75) is 85.6 Å². The van der Waals surface area contributed by atoms with Gasteiger partial charge in [-0.25, -0.2) is 0 Å². The second kappa shape index (κ2) is 38.9. The van der Waals surface area contributed by atoms with Gasteiger partial charge in [-0.1, -0.05) is 59.4 Å². The highest BCUT2D eigenvalue weighted by Gasteiger charge is 2.30. The van der Waals surface area contributed by atoms with Crippen LogP contribution < -0.4 is 0 Å². The van der Waals surface area contributed by atoms with Crippen molar-refractivity contribution in [3.63, 3.8) is 0 Å². The Morgan fingerprint density at radius 3 is 0.429 bits per heavy atom. The number of rotatable bonds is 7. The van der Waals surface area contributed by atoms with E-state index in [0.717, 1.165) is 6.55 Å². The van der Waals surface area contributed by atoms with Gasteiger partial charge in [-0.3, -0.25) is 0 Å². The molecule has 0 aliphatic carbocycles. The van der Waals surface area contributed by atoms with Gasteiger partial charge in [-0.15, -0.1) is 0 Å². The molecular formula is C19H70O12Si4. The van der Waals surface area contributed by atoms with Crippen molar-refractivity contribution in [2.75, 3.05) is 49.8 Å². The molecule has 0 aliphatic rings. The Balaban J connectivity index is -0.0000000190. The first kappa shape index (κ1) is 76.5. The molecule has 0 aromatic rings. The third-order valence-corrected chi connectivity index (χ3v) is 7.83. The smallest absolute Gasteiger partial charge is 0.390 e. The summed E-state index contributed by atoms with van der Waals surface area (Å²) < 4.78 is 33.8. The van der Waals surface area contributed by atoms with E-state index in [0.29, 0.717) is 0 Å². The van der Waals surface area contributed by atoms with Gasteiger partial charge in [0.15, 0.2) is 0 Å². The van der Waals surface area contributed by atoms with Gasteiger partial charge in [-0.2, -0.15) is 0 Å². The molecule has 0 saturated heterocycles. The van der Waals surface area contributed by atoms with Crippen LogP contribution in [0.3, 0.4) is 0 Å². The molecule has 234 valence electrons. The molecule has 0 aromatic carbocycles. The normalized spacial score (nSPS) is 9.26. The van der Waals surface area contributed by atoms with E-state index < -0.39 is 35.2 Å². The standard InChI is InChI=1S/2C4H12O3Si.C2H8O3Si.CH6O3Si.8CH4/c2*1-5-8(4,6-2)7-3;1-5-6(2,3)4;1-5(2,3)4;;;;;;;;/h2*1-4H3;3-4H,1-2H3;2-4H,1H3;8*1H4. The molecule has 0 unspecified atom stereocenters. The van der Waals surface area contributed by atoms with Gasteiger partial charge in [0.25, 0.3) is 0 Å². The summed E-state index contributed by atoms with van der Waals surface area (Å²) in [5.74, 6) is 0. The molecule has 0 atom stereocenters. The lowest BCUT2D eigenvalue weighted by molar-refractivity contribution is 0.131. The SMILES string of the molecule is C.C.C.C.C.C.C.C.CO[Si](C)(O)O.CO[Si](C)(OC)OC.CO[Si](C)(OC)OC.C[Si](O)(O)O. The summed E-state index contributed by atoms with van der Waals surface area (Å²) in [6, 6.07) is 0. The molecule has 0 spiro atoms. The van der Waals surface area contributed by atoms with Gasteiger partial charge in [0.1, 0.15) is 0 Å². The van der Waals surface area contributed by atoms with Crippen LogP contribution in [0.2, 0.25) is 26.2 Å². The van der Waals surface area contributed by atoms with E-state index in [1.807, 2.05) is 13.1 Å². The fourth-order valence-electron chi connectivity index (χ4n) is 0.500. The van der Waals surface area contributed by atoms with Crippen molar-refractivity contribution < 1.29 is 55.0 Å². The van der Waals surface area contributed by atoms with Crippen LogP contribution in [0.4, 0.5) is 0 Å². The molecule has 0 heterocycles. The number of hydrogen-bond acceptors (Lipinski definition) is 12. The molecule has 0 fully saturated rings. The minimum atomic E-state index is -3.61. The van der Waals surface area contributed by atoms with Crippen LogP contribution in [0.5, 0.6) is 0 Å². The average Bonchev–Trinajstić information content (AvgIpc) is 2.59. The van der Waals surface area contributed by atoms with Gasteiger partial charge < -0.3 is 55.0 Å². The van der Waals surface area contributed by atoms with E-state index in [1.54, 1.807) is 42.7 Å². The zero-order valence-electron chi connectivity index (χ0n) is 18.1. The molecule has 0 aliphatic heterocycles. The molecule has 5 N–H and O–H groups in total. The summed E-state index contributed by atoms with van der Waals surface area (Å²) >= 11 is 0. The Morgan fingerprint density at radius 1 is 0.343 bits per heavy atom. The van der Waals surface area contributed by atoms with Crippen LogP contribution in [-0.4, -0.2) is 109 Å². The lowest BCUT2D eigenvalue weighted by Crippen LogP contribution is -2.38. The Morgan fingerprint density at radius 2 is 0.429 bits per heavy atom. The first-order chi connectivity index (χ1) is 11.9. The Kier molecular flexibility index (Phi) is 85.0. The average molecular weight is 603 g/mol. The Bertz CT molecular complexity index is 283. The summed E-state index contributed by atoms with van der Waals surface area (Å²) in [6.07, 6.45) is 0. The third-order valence-electron chi connectivity index (χ3n) is 2.61. The van der Waals surface area contributed by atoms with Crippen molar-refractivity contribution in [1.82, 2.24) is 0 Å². The predicted molar refractivity (Wildman–Crippen MR) is 160 cm³/mol. The van der Waals surface area contributed by atoms with E-state index >= 15 is 0 Å². The maximum atomic E-state index is 8.30. The first-order valence-corrected chi connectivity index (χ1v) is 16.5. The topological polar surface area (TPSA) is 166 Å². The second-order valence-electron chi connectivity index (χ2n) is 5.06. The van der Waals surface area contributed by atoms with Crippen LogP contribution in [-0.2, 0) is 31.0 Å². The predicted octanol–water partition coefficient (Wildman–Crippen LogP) is 3.80. The minimum Gasteiger partial charge on any atom is -0.390 e. The third kappa shape index (κ3) is 78.9. The van der Waals surface area contributed by atoms with E-state index in [-0.39, 0.29) is 59.4 Å². The van der Waals surface area contributed by atoms with Crippen LogP contribution >= 0.6 is 0 Å². The Labute approximate surface area is 225 Å². The highest BCUT2D eigenvalue weighted by Crippen LogP contribution is 2.02. The molecule has 35 heavy (non-hydrogen) atoms. The van der Waals surface area contributed by atoms with Crippen molar-refractivity contribution in [2.24, 2.45) is 0 Å². The fraction of sp³-hybridized carbons (Fsp3) is 1.00. The maximum Gasteiger partial charge on any atom is 0.496 e. The molecule has 0 bridgehead atoms. The molecule has 0 amide bonds. The molecule has 16 heteroatoms. The zero-order chi connectivity index (χ0) is 22.9. The maximum absolute atomic E-state index is 8.30. The molecule has 0 saturated carbocycles. The van der Waals surface area contributed by atoms with Crippen LogP contribution in [0, 0.1) is 0 Å². The lowest BCUT2D eigenvalue weighted by atomic mass is 11.8. The van der Waals surface area contributed by atoms with E-state index in [2.05, 4.69) is 4.43 Å². The van der Waals surface area contributed by atoms with Crippen LogP contribution in [0.25, 0.3) is 0 Å². The van der Waals surface area contributed by atoms with Crippen molar-refractivity contribution in [3.8, 4) is 0 Å². The van der Waals surface area contributed by atoms with Gasteiger partial charge in [-0.05, 0) is 0 Å². The monoisotopic (exact) mass is 602 g/mol. The van der Waals surface area contributed by atoms with Crippen LogP contribution in [0.1, 0.15) is 59.4 Å². The molecular weight excluding hydrogens is 533 g/mol. The molecule has 0 aromatic heterocycles. The van der Waals surface area contributed by atoms with Gasteiger partial charge in [0.2, 0.25) is 0 Å². The van der Waals surface area contributed by atoms with E-state index in [9.17, 15) is 0 Å². The van der Waals surface area contributed by atoms with Crippen LogP contribution in [0.15, 0.2) is 0 Å². The lowest BCUT2D eigenvalue weighted by Gasteiger charge is -2.18. The summed E-state index contributed by atoms with van der Waals surface area (Å²) in [4.78, 5) is 39.9. The molecule has 0 rings (SSSR count). The second-order valence-corrected chi connectivity index (χ2v) is 15.2. The van der Waals surface area contributed by atoms with Gasteiger partial charge in [0.05, 0.1) is 0 Å². The minimum absolute atomic E-state index is 0. The van der Waals surface area contributed by atoms with Crippen molar-refractivity contribution in [3.05, 3.63) is 0 Å². The molecule has 0 radical (unpaired) electrons. The zero-order valence-corrected chi connectivity index (χ0v) is 22.1. The highest BCUT2D eigenvalue weighted by atomic mass is 28.4. The van der Waals surface area contributed by atoms with E-state index in [4.69, 9.17) is 50.5 Å². The summed E-state index contributed by atoms with van der Waals surface area (Å²) in [6.45, 7) is 5.92. The molecule has 12 nitrogen and oxygen atoms in total. The summed E-state index contributed by atoms with van der Waals surface area (Å²) in [5, 5.41) is 0. The fourth-order valence-corrected chi connectivity index (χ4v) is 1.50. The largest absolute Gasteiger partial charge is 0.496 e. The quantitative estimate of drug-likeness (QED) is 0.268. The number of hydrogen-bond donors (Lipinski definition) is 5. The highest BCUT2D eigenvalue weighted by molar-refractivity contribution is 6.59. The van der Waals surface area contributed by atoms with Crippen molar-refractivity contribution in [1.29, 1.82) is 0 Å². The summed E-state index contributed by atoms with van der Waals surface area (Å²) in [7, 11) is -0.319. The van der Waals surface area contributed by atoms with E-state index in [1.165, 1.54) is 13.7 Å². The van der Waals surface area contributed by atoms with Crippen molar-refractivity contribution >= 4 is 35.2 Å². The Hall–Kier alpha value is 0.388. The van der Waals surface area contributed by atoms with Gasteiger partial charge in [0, 0.05) is 76.0 Å². The summed E-state index contributed by atoms with van der Waals surface area (Å²) in [5.41, 5.74) is 0. The first-order valence-electron chi connectivity index (χ1n) is 7.40.